The van der Waals surface area contributed by atoms with Crippen LogP contribution in [-0.2, 0) is 4.74 Å². The van der Waals surface area contributed by atoms with Gasteiger partial charge in [0.15, 0.2) is 0 Å². The Bertz CT molecular complexity index is 712. The maximum absolute atomic E-state index is 12.5. The second-order valence-electron chi connectivity index (χ2n) is 6.30. The third kappa shape index (κ3) is 4.82. The summed E-state index contributed by atoms with van der Waals surface area (Å²) < 4.78 is 5.47. The van der Waals surface area contributed by atoms with Crippen LogP contribution >= 0.6 is 11.6 Å². The monoisotopic (exact) mass is 358 g/mol. The van der Waals surface area contributed by atoms with Gasteiger partial charge < -0.3 is 10.1 Å². The third-order valence-corrected chi connectivity index (χ3v) is 4.73. The Labute approximate surface area is 153 Å². The van der Waals surface area contributed by atoms with Gasteiger partial charge in [-0.1, -0.05) is 47.5 Å². The van der Waals surface area contributed by atoms with Gasteiger partial charge in [0.25, 0.3) is 5.91 Å². The van der Waals surface area contributed by atoms with Crippen molar-refractivity contribution in [2.45, 2.75) is 13.0 Å². The Balaban J connectivity index is 1.73. The third-order valence-electron chi connectivity index (χ3n) is 4.49. The van der Waals surface area contributed by atoms with E-state index < -0.39 is 0 Å². The molecule has 1 aliphatic heterocycles. The molecule has 0 aliphatic carbocycles. The zero-order valence-electron chi connectivity index (χ0n) is 14.4. The molecule has 0 unspecified atom stereocenters. The Hall–Kier alpha value is -1.88. The van der Waals surface area contributed by atoms with Crippen molar-refractivity contribution in [1.29, 1.82) is 0 Å². The summed E-state index contributed by atoms with van der Waals surface area (Å²) >= 11 is 5.98. The lowest BCUT2D eigenvalue weighted by Crippen LogP contribution is -2.43. The van der Waals surface area contributed by atoms with Crippen LogP contribution < -0.4 is 5.32 Å². The number of amides is 1. The minimum atomic E-state index is -0.104. The van der Waals surface area contributed by atoms with Crippen LogP contribution in [0.25, 0.3) is 0 Å². The van der Waals surface area contributed by atoms with Gasteiger partial charge in [0, 0.05) is 30.2 Å². The van der Waals surface area contributed by atoms with Gasteiger partial charge in [0.2, 0.25) is 0 Å². The molecule has 0 bridgehead atoms. The highest BCUT2D eigenvalue weighted by molar-refractivity contribution is 6.30. The summed E-state index contributed by atoms with van der Waals surface area (Å²) in [5, 5.41) is 3.62. The van der Waals surface area contributed by atoms with E-state index in [1.807, 2.05) is 0 Å². The lowest BCUT2D eigenvalue weighted by atomic mass is 10.0. The number of hydrogen-bond acceptors (Lipinski definition) is 3. The van der Waals surface area contributed by atoms with Gasteiger partial charge in [-0.15, -0.1) is 0 Å². The molecule has 5 heteroatoms. The molecule has 1 N–H and O–H groups in total. The summed E-state index contributed by atoms with van der Waals surface area (Å²) in [6, 6.07) is 15.7. The predicted molar refractivity (Wildman–Crippen MR) is 100 cm³/mol. The molecule has 132 valence electrons. The predicted octanol–water partition coefficient (Wildman–Crippen LogP) is 3.45. The van der Waals surface area contributed by atoms with Crippen LogP contribution in [0.2, 0.25) is 5.02 Å². The van der Waals surface area contributed by atoms with Gasteiger partial charge in [-0.25, -0.2) is 0 Å². The lowest BCUT2D eigenvalue weighted by molar-refractivity contribution is 0.0162. The summed E-state index contributed by atoms with van der Waals surface area (Å²) in [5.41, 5.74) is 3.02. The summed E-state index contributed by atoms with van der Waals surface area (Å²) in [6.45, 7) is 5.81. The number of hydrogen-bond donors (Lipinski definition) is 1. The molecule has 0 radical (unpaired) electrons. The summed E-state index contributed by atoms with van der Waals surface area (Å²) in [6.07, 6.45) is 0. The SMILES string of the molecule is Cc1ccc([C@H](CNC(=O)c2cccc(Cl)c2)N2CCOCC2)cc1. The largest absolute Gasteiger partial charge is 0.379 e. The van der Waals surface area contributed by atoms with Crippen LogP contribution in [0.3, 0.4) is 0 Å². The molecule has 1 fully saturated rings. The first-order chi connectivity index (χ1) is 12.1. The van der Waals surface area contributed by atoms with Crippen molar-refractivity contribution in [3.05, 3.63) is 70.2 Å². The van der Waals surface area contributed by atoms with Crippen molar-refractivity contribution >= 4 is 17.5 Å². The summed E-state index contributed by atoms with van der Waals surface area (Å²) in [4.78, 5) is 14.8. The van der Waals surface area contributed by atoms with E-state index in [1.165, 1.54) is 11.1 Å². The first-order valence-electron chi connectivity index (χ1n) is 8.55. The number of benzene rings is 2. The van der Waals surface area contributed by atoms with Gasteiger partial charge in [0.05, 0.1) is 19.3 Å². The van der Waals surface area contributed by atoms with E-state index in [4.69, 9.17) is 16.3 Å². The average molecular weight is 359 g/mol. The number of nitrogens with zero attached hydrogens (tertiary/aromatic N) is 1. The number of carbonyl (C=O) groups is 1. The lowest BCUT2D eigenvalue weighted by Gasteiger charge is -2.35. The number of ether oxygens (including phenoxy) is 1. The first kappa shape index (κ1) is 17.9. The number of morpholine rings is 1. The zero-order valence-corrected chi connectivity index (χ0v) is 15.1. The van der Waals surface area contributed by atoms with Crippen LogP contribution in [0.15, 0.2) is 48.5 Å². The van der Waals surface area contributed by atoms with Crippen molar-refractivity contribution in [2.75, 3.05) is 32.8 Å². The molecule has 0 saturated carbocycles. The molecule has 2 aromatic carbocycles. The Kier molecular flexibility index (Phi) is 6.08. The van der Waals surface area contributed by atoms with Crippen molar-refractivity contribution in [3.63, 3.8) is 0 Å². The van der Waals surface area contributed by atoms with Gasteiger partial charge in [-0.05, 0) is 30.7 Å². The van der Waals surface area contributed by atoms with E-state index in [0.29, 0.717) is 17.1 Å². The maximum Gasteiger partial charge on any atom is 0.251 e. The quantitative estimate of drug-likeness (QED) is 0.890. The van der Waals surface area contributed by atoms with Crippen molar-refractivity contribution in [2.24, 2.45) is 0 Å². The Morgan fingerprint density at radius 3 is 2.60 bits per heavy atom. The summed E-state index contributed by atoms with van der Waals surface area (Å²) in [7, 11) is 0. The molecule has 25 heavy (non-hydrogen) atoms. The highest BCUT2D eigenvalue weighted by atomic mass is 35.5. The fourth-order valence-corrected chi connectivity index (χ4v) is 3.25. The van der Waals surface area contributed by atoms with Gasteiger partial charge in [-0.2, -0.15) is 0 Å². The van der Waals surface area contributed by atoms with Crippen molar-refractivity contribution < 1.29 is 9.53 Å². The van der Waals surface area contributed by atoms with E-state index in [2.05, 4.69) is 41.4 Å². The maximum atomic E-state index is 12.5. The van der Waals surface area contributed by atoms with Crippen LogP contribution in [0.1, 0.15) is 27.5 Å². The van der Waals surface area contributed by atoms with Crippen molar-refractivity contribution in [1.82, 2.24) is 10.2 Å². The van der Waals surface area contributed by atoms with Crippen LogP contribution in [0, 0.1) is 6.92 Å². The van der Waals surface area contributed by atoms with Crippen LogP contribution in [-0.4, -0.2) is 43.7 Å². The average Bonchev–Trinajstić information content (AvgIpc) is 2.64. The van der Waals surface area contributed by atoms with E-state index in [0.717, 1.165) is 26.3 Å². The highest BCUT2D eigenvalue weighted by Gasteiger charge is 2.23. The smallest absolute Gasteiger partial charge is 0.251 e. The number of aryl methyl sites for hydroxylation is 1. The van der Waals surface area contributed by atoms with E-state index >= 15 is 0 Å². The molecular weight excluding hydrogens is 336 g/mol. The minimum absolute atomic E-state index is 0.104. The molecule has 1 atom stereocenters. The van der Waals surface area contributed by atoms with Gasteiger partial charge >= 0.3 is 0 Å². The number of nitrogens with one attached hydrogen (secondary N) is 1. The van der Waals surface area contributed by atoms with E-state index in [-0.39, 0.29) is 11.9 Å². The fraction of sp³-hybridized carbons (Fsp3) is 0.350. The van der Waals surface area contributed by atoms with Crippen LogP contribution in [0.5, 0.6) is 0 Å². The topological polar surface area (TPSA) is 41.6 Å². The number of carbonyl (C=O) groups excluding carboxylic acids is 1. The van der Waals surface area contributed by atoms with Crippen molar-refractivity contribution in [3.8, 4) is 0 Å². The molecule has 0 spiro atoms. The molecule has 1 heterocycles. The zero-order chi connectivity index (χ0) is 17.6. The first-order valence-corrected chi connectivity index (χ1v) is 8.93. The molecule has 4 nitrogen and oxygen atoms in total. The molecule has 0 aromatic heterocycles. The molecule has 3 rings (SSSR count). The normalized spacial score (nSPS) is 16.4. The second-order valence-corrected chi connectivity index (χ2v) is 6.73. The van der Waals surface area contributed by atoms with E-state index in [1.54, 1.807) is 24.3 Å². The molecule has 1 saturated heterocycles. The molecular formula is C20H23ClN2O2. The Morgan fingerprint density at radius 2 is 1.92 bits per heavy atom. The molecule has 1 amide bonds. The van der Waals surface area contributed by atoms with E-state index in [9.17, 15) is 4.79 Å². The summed E-state index contributed by atoms with van der Waals surface area (Å²) in [5.74, 6) is -0.104. The number of rotatable bonds is 5. The second kappa shape index (κ2) is 8.48. The molecule has 1 aliphatic rings. The Morgan fingerprint density at radius 1 is 1.20 bits per heavy atom. The van der Waals surface area contributed by atoms with Gasteiger partial charge in [-0.3, -0.25) is 9.69 Å². The number of halogens is 1. The fourth-order valence-electron chi connectivity index (χ4n) is 3.06. The van der Waals surface area contributed by atoms with Crippen LogP contribution in [0.4, 0.5) is 0 Å². The standard InChI is InChI=1S/C20H23ClN2O2/c1-15-5-7-16(8-6-15)19(23-9-11-25-12-10-23)14-22-20(24)17-3-2-4-18(21)13-17/h2-8,13,19H,9-12,14H2,1H3,(H,22,24)/t19-/m0/s1. The highest BCUT2D eigenvalue weighted by Crippen LogP contribution is 2.22. The molecule has 2 aromatic rings. The van der Waals surface area contributed by atoms with Gasteiger partial charge in [0.1, 0.15) is 0 Å². The minimum Gasteiger partial charge on any atom is -0.379 e.